The zero-order valence-electron chi connectivity index (χ0n) is 9.22. The van der Waals surface area contributed by atoms with Crippen LogP contribution in [0.4, 0.5) is 0 Å². The van der Waals surface area contributed by atoms with Crippen LogP contribution in [-0.2, 0) is 0 Å². The number of hydrogen-bond acceptors (Lipinski definition) is 0. The maximum atomic E-state index is 2.82. The molecule has 0 aliphatic rings. The van der Waals surface area contributed by atoms with Crippen molar-refractivity contribution in [1.29, 1.82) is 0 Å². The Kier molecular flexibility index (Phi) is 15.8. The lowest BCUT2D eigenvalue weighted by Gasteiger charge is -2.08. The van der Waals surface area contributed by atoms with Crippen molar-refractivity contribution in [3.05, 3.63) is 0 Å². The lowest BCUT2D eigenvalue weighted by Crippen LogP contribution is -1.94. The SMILES string of the molecule is CCCCCCCC(C)CCP.Cl. The van der Waals surface area contributed by atoms with Gasteiger partial charge in [0.05, 0.1) is 0 Å². The molecule has 0 heterocycles. The smallest absolute Gasteiger partial charge is 0.0379 e. The molecule has 0 spiro atoms. The number of rotatable bonds is 8. The largest absolute Gasteiger partial charge is 0.147 e. The summed E-state index contributed by atoms with van der Waals surface area (Å²) in [6.07, 6.45) is 11.2. The minimum absolute atomic E-state index is 0. The predicted molar refractivity (Wildman–Crippen MR) is 69.0 cm³/mol. The van der Waals surface area contributed by atoms with Crippen LogP contribution >= 0.6 is 21.6 Å². The van der Waals surface area contributed by atoms with Crippen LogP contribution in [0.15, 0.2) is 0 Å². The van der Waals surface area contributed by atoms with Crippen molar-refractivity contribution >= 4 is 21.6 Å². The summed E-state index contributed by atoms with van der Waals surface area (Å²) < 4.78 is 0. The van der Waals surface area contributed by atoms with Crippen LogP contribution in [0.1, 0.15) is 58.8 Å². The summed E-state index contributed by atoms with van der Waals surface area (Å²) in [5.74, 6) is 0.948. The summed E-state index contributed by atoms with van der Waals surface area (Å²) in [7, 11) is 2.82. The standard InChI is InChI=1S/C11H25P.ClH/c1-3-4-5-6-7-8-11(2)9-10-12;/h11H,3-10,12H2,1-2H3;1H. The molecule has 0 aromatic rings. The van der Waals surface area contributed by atoms with Gasteiger partial charge in [-0.2, -0.15) is 0 Å². The Labute approximate surface area is 92.9 Å². The maximum Gasteiger partial charge on any atom is -0.0379 e. The Morgan fingerprint density at radius 3 is 2.15 bits per heavy atom. The molecule has 0 nitrogen and oxygen atoms in total. The first-order valence-electron chi connectivity index (χ1n) is 5.51. The highest BCUT2D eigenvalue weighted by molar-refractivity contribution is 7.16. The molecule has 0 saturated heterocycles. The van der Waals surface area contributed by atoms with Gasteiger partial charge in [0.1, 0.15) is 0 Å². The zero-order chi connectivity index (χ0) is 9.23. The van der Waals surface area contributed by atoms with Crippen molar-refractivity contribution in [1.82, 2.24) is 0 Å². The van der Waals surface area contributed by atoms with Gasteiger partial charge >= 0.3 is 0 Å². The van der Waals surface area contributed by atoms with E-state index in [9.17, 15) is 0 Å². The summed E-state index contributed by atoms with van der Waals surface area (Å²) in [5.41, 5.74) is 0. The number of hydrogen-bond donors (Lipinski definition) is 0. The maximum absolute atomic E-state index is 2.82. The van der Waals surface area contributed by atoms with Crippen LogP contribution in [0.2, 0.25) is 0 Å². The molecular formula is C11H26ClP. The molecule has 0 aromatic heterocycles. The fourth-order valence-corrected chi connectivity index (χ4v) is 2.09. The van der Waals surface area contributed by atoms with Crippen molar-refractivity contribution in [2.45, 2.75) is 58.8 Å². The van der Waals surface area contributed by atoms with Crippen LogP contribution < -0.4 is 0 Å². The Morgan fingerprint density at radius 1 is 1.00 bits per heavy atom. The monoisotopic (exact) mass is 224 g/mol. The molecule has 2 atom stereocenters. The van der Waals surface area contributed by atoms with E-state index in [1.165, 1.54) is 51.1 Å². The second-order valence-corrected chi connectivity index (χ2v) is 4.46. The van der Waals surface area contributed by atoms with Gasteiger partial charge < -0.3 is 0 Å². The molecule has 0 amide bonds. The average molecular weight is 225 g/mol. The van der Waals surface area contributed by atoms with Gasteiger partial charge in [-0.25, -0.2) is 0 Å². The first-order valence-corrected chi connectivity index (χ1v) is 6.33. The third-order valence-electron chi connectivity index (χ3n) is 2.46. The Morgan fingerprint density at radius 2 is 1.62 bits per heavy atom. The zero-order valence-corrected chi connectivity index (χ0v) is 11.2. The van der Waals surface area contributed by atoms with E-state index in [-0.39, 0.29) is 12.4 Å². The summed E-state index contributed by atoms with van der Waals surface area (Å²) in [4.78, 5) is 0. The lowest BCUT2D eigenvalue weighted by molar-refractivity contribution is 0.476. The highest BCUT2D eigenvalue weighted by atomic mass is 35.5. The minimum Gasteiger partial charge on any atom is -0.147 e. The molecule has 0 aliphatic heterocycles. The van der Waals surface area contributed by atoms with Gasteiger partial charge in [-0.15, -0.1) is 21.6 Å². The first-order chi connectivity index (χ1) is 5.81. The van der Waals surface area contributed by atoms with Crippen LogP contribution in [0.5, 0.6) is 0 Å². The van der Waals surface area contributed by atoms with E-state index in [1.807, 2.05) is 0 Å². The fraction of sp³-hybridized carbons (Fsp3) is 1.00. The summed E-state index contributed by atoms with van der Waals surface area (Å²) in [5, 5.41) is 0. The van der Waals surface area contributed by atoms with Crippen LogP contribution in [-0.4, -0.2) is 6.16 Å². The quantitative estimate of drug-likeness (QED) is 0.415. The molecule has 0 radical (unpaired) electrons. The van der Waals surface area contributed by atoms with E-state index < -0.39 is 0 Å². The summed E-state index contributed by atoms with van der Waals surface area (Å²) in [6.45, 7) is 4.65. The van der Waals surface area contributed by atoms with E-state index in [1.54, 1.807) is 0 Å². The highest BCUT2D eigenvalue weighted by Crippen LogP contribution is 2.14. The van der Waals surface area contributed by atoms with Crippen molar-refractivity contribution in [3.63, 3.8) is 0 Å². The molecule has 13 heavy (non-hydrogen) atoms. The molecule has 0 aliphatic carbocycles. The minimum atomic E-state index is 0. The summed E-state index contributed by atoms with van der Waals surface area (Å²) in [6, 6.07) is 0. The van der Waals surface area contributed by atoms with E-state index in [0.717, 1.165) is 5.92 Å². The van der Waals surface area contributed by atoms with Crippen LogP contribution in [0.25, 0.3) is 0 Å². The second kappa shape index (κ2) is 12.7. The van der Waals surface area contributed by atoms with E-state index >= 15 is 0 Å². The van der Waals surface area contributed by atoms with Gasteiger partial charge in [0.25, 0.3) is 0 Å². The third kappa shape index (κ3) is 12.7. The molecular weight excluding hydrogens is 199 g/mol. The van der Waals surface area contributed by atoms with Crippen molar-refractivity contribution < 1.29 is 0 Å². The Bertz CT molecular complexity index is 86.2. The van der Waals surface area contributed by atoms with Gasteiger partial charge in [-0.1, -0.05) is 52.4 Å². The number of unbranched alkanes of at least 4 members (excludes halogenated alkanes) is 4. The normalized spacial score (nSPS) is 12.2. The van der Waals surface area contributed by atoms with Gasteiger partial charge in [0, 0.05) is 0 Å². The third-order valence-corrected chi connectivity index (χ3v) is 2.79. The second-order valence-electron chi connectivity index (χ2n) is 3.89. The van der Waals surface area contributed by atoms with E-state index in [0.29, 0.717) is 0 Å². The van der Waals surface area contributed by atoms with Crippen molar-refractivity contribution in [2.24, 2.45) is 5.92 Å². The van der Waals surface area contributed by atoms with Crippen molar-refractivity contribution in [3.8, 4) is 0 Å². The van der Waals surface area contributed by atoms with Gasteiger partial charge in [0.15, 0.2) is 0 Å². The van der Waals surface area contributed by atoms with E-state index in [4.69, 9.17) is 0 Å². The number of halogens is 1. The Balaban J connectivity index is 0. The summed E-state index contributed by atoms with van der Waals surface area (Å²) >= 11 is 0. The van der Waals surface area contributed by atoms with Crippen LogP contribution in [0, 0.1) is 5.92 Å². The molecule has 2 heteroatoms. The molecule has 0 N–H and O–H groups in total. The molecule has 0 aromatic carbocycles. The lowest BCUT2D eigenvalue weighted by atomic mass is 10.00. The molecule has 0 saturated carbocycles. The Hall–Kier alpha value is 0.720. The molecule has 0 bridgehead atoms. The van der Waals surface area contributed by atoms with Gasteiger partial charge in [-0.05, 0) is 18.5 Å². The highest BCUT2D eigenvalue weighted by Gasteiger charge is 1.99. The molecule has 0 rings (SSSR count). The topological polar surface area (TPSA) is 0 Å². The molecule has 82 valence electrons. The van der Waals surface area contributed by atoms with Gasteiger partial charge in [0.2, 0.25) is 0 Å². The predicted octanol–water partition coefficient (Wildman–Crippen LogP) is 4.67. The van der Waals surface area contributed by atoms with E-state index in [2.05, 4.69) is 23.1 Å². The first kappa shape index (κ1) is 16.2. The van der Waals surface area contributed by atoms with Gasteiger partial charge in [-0.3, -0.25) is 0 Å². The van der Waals surface area contributed by atoms with Crippen molar-refractivity contribution in [2.75, 3.05) is 6.16 Å². The fourth-order valence-electron chi connectivity index (χ4n) is 1.53. The van der Waals surface area contributed by atoms with Crippen LogP contribution in [0.3, 0.4) is 0 Å². The molecule has 2 unspecified atom stereocenters. The average Bonchev–Trinajstić information content (AvgIpc) is 2.05. The molecule has 0 fully saturated rings.